The summed E-state index contributed by atoms with van der Waals surface area (Å²) in [6.45, 7) is 4.12. The minimum atomic E-state index is 0.0482. The van der Waals surface area contributed by atoms with Gasteiger partial charge in [-0.3, -0.25) is 4.79 Å². The van der Waals surface area contributed by atoms with E-state index in [2.05, 4.69) is 0 Å². The van der Waals surface area contributed by atoms with Gasteiger partial charge in [0, 0.05) is 18.7 Å². The van der Waals surface area contributed by atoms with Crippen LogP contribution in [0.5, 0.6) is 11.5 Å². The van der Waals surface area contributed by atoms with Crippen LogP contribution in [-0.2, 0) is 0 Å². The highest BCUT2D eigenvalue weighted by atomic mass is 35.5. The second-order valence-electron chi connectivity index (χ2n) is 6.52. The number of benzene rings is 1. The van der Waals surface area contributed by atoms with Crippen LogP contribution in [0.15, 0.2) is 12.1 Å². The highest BCUT2D eigenvalue weighted by Gasteiger charge is 2.32. The molecule has 0 radical (unpaired) electrons. The second kappa shape index (κ2) is 7.00. The van der Waals surface area contributed by atoms with Gasteiger partial charge in [0.1, 0.15) is 0 Å². The summed E-state index contributed by atoms with van der Waals surface area (Å²) >= 11 is 6.30. The van der Waals surface area contributed by atoms with Crippen LogP contribution in [0.3, 0.4) is 0 Å². The Balaban J connectivity index is 1.82. The van der Waals surface area contributed by atoms with Crippen molar-refractivity contribution in [2.45, 2.75) is 32.6 Å². The zero-order valence-electron chi connectivity index (χ0n) is 13.8. The molecule has 0 unspecified atom stereocenters. The third-order valence-electron chi connectivity index (χ3n) is 4.40. The molecule has 2 aliphatic rings. The molecule has 0 N–H and O–H groups in total. The van der Waals surface area contributed by atoms with E-state index in [1.807, 2.05) is 11.8 Å². The first kappa shape index (κ1) is 16.4. The van der Waals surface area contributed by atoms with Crippen molar-refractivity contribution >= 4 is 17.5 Å². The summed E-state index contributed by atoms with van der Waals surface area (Å²) in [7, 11) is 1.56. The van der Waals surface area contributed by atoms with Crippen molar-refractivity contribution < 1.29 is 14.3 Å². The van der Waals surface area contributed by atoms with Crippen molar-refractivity contribution in [2.75, 3.05) is 26.8 Å². The SMILES string of the molecule is CCOc1c(Cl)cc(C(=O)N(CC2CC2)CC2CC2)cc1OC. The summed E-state index contributed by atoms with van der Waals surface area (Å²) in [6.07, 6.45) is 4.95. The van der Waals surface area contributed by atoms with Crippen molar-refractivity contribution in [3.8, 4) is 11.5 Å². The molecule has 0 atom stereocenters. The number of nitrogens with zero attached hydrogens (tertiary/aromatic N) is 1. The highest BCUT2D eigenvalue weighted by Crippen LogP contribution is 2.38. The van der Waals surface area contributed by atoms with Crippen molar-refractivity contribution in [3.05, 3.63) is 22.7 Å². The summed E-state index contributed by atoms with van der Waals surface area (Å²) in [5, 5.41) is 0.423. The third kappa shape index (κ3) is 4.11. The molecule has 3 rings (SSSR count). The molecule has 0 bridgehead atoms. The van der Waals surface area contributed by atoms with E-state index < -0.39 is 0 Å². The average Bonchev–Trinajstić information content (AvgIpc) is 3.43. The van der Waals surface area contributed by atoms with E-state index in [-0.39, 0.29) is 5.91 Å². The van der Waals surface area contributed by atoms with Gasteiger partial charge in [0.2, 0.25) is 0 Å². The Bertz CT molecular complexity index is 568. The number of amides is 1. The lowest BCUT2D eigenvalue weighted by Gasteiger charge is -2.23. The maximum absolute atomic E-state index is 12.9. The molecule has 23 heavy (non-hydrogen) atoms. The Morgan fingerprint density at radius 3 is 2.30 bits per heavy atom. The Kier molecular flexibility index (Phi) is 5.00. The van der Waals surface area contributed by atoms with Gasteiger partial charge < -0.3 is 14.4 Å². The summed E-state index contributed by atoms with van der Waals surface area (Å²) in [6, 6.07) is 3.44. The fourth-order valence-corrected chi connectivity index (χ4v) is 3.04. The van der Waals surface area contributed by atoms with Gasteiger partial charge in [-0.1, -0.05) is 11.6 Å². The van der Waals surface area contributed by atoms with Gasteiger partial charge in [-0.25, -0.2) is 0 Å². The molecule has 2 aliphatic carbocycles. The molecular weight excluding hydrogens is 314 g/mol. The lowest BCUT2D eigenvalue weighted by molar-refractivity contribution is 0.0739. The average molecular weight is 338 g/mol. The standard InChI is InChI=1S/C18H24ClNO3/c1-3-23-17-15(19)8-14(9-16(17)22-2)18(21)20(10-12-4-5-12)11-13-6-7-13/h8-9,12-13H,3-7,10-11H2,1-2H3. The molecule has 2 fully saturated rings. The number of carbonyl (C=O) groups excluding carboxylic acids is 1. The molecule has 1 aromatic carbocycles. The molecule has 0 heterocycles. The smallest absolute Gasteiger partial charge is 0.254 e. The van der Waals surface area contributed by atoms with Crippen LogP contribution in [-0.4, -0.2) is 37.6 Å². The molecule has 5 heteroatoms. The van der Waals surface area contributed by atoms with Crippen LogP contribution in [0, 0.1) is 11.8 Å². The van der Waals surface area contributed by atoms with Crippen molar-refractivity contribution in [1.29, 1.82) is 0 Å². The van der Waals surface area contributed by atoms with Gasteiger partial charge in [-0.2, -0.15) is 0 Å². The van der Waals surface area contributed by atoms with E-state index in [4.69, 9.17) is 21.1 Å². The zero-order chi connectivity index (χ0) is 16.4. The molecule has 1 amide bonds. The fraction of sp³-hybridized carbons (Fsp3) is 0.611. The van der Waals surface area contributed by atoms with Crippen LogP contribution in [0.2, 0.25) is 5.02 Å². The Hall–Kier alpha value is -1.42. The molecule has 126 valence electrons. The number of carbonyl (C=O) groups is 1. The monoisotopic (exact) mass is 337 g/mol. The first-order valence-electron chi connectivity index (χ1n) is 8.42. The van der Waals surface area contributed by atoms with Gasteiger partial charge in [0.15, 0.2) is 11.5 Å². The quantitative estimate of drug-likeness (QED) is 0.719. The molecule has 0 spiro atoms. The summed E-state index contributed by atoms with van der Waals surface area (Å²) in [4.78, 5) is 14.9. The molecule has 2 saturated carbocycles. The topological polar surface area (TPSA) is 38.8 Å². The van der Waals surface area contributed by atoms with E-state index in [0.29, 0.717) is 40.5 Å². The number of methoxy groups -OCH3 is 1. The molecule has 0 aromatic heterocycles. The largest absolute Gasteiger partial charge is 0.493 e. The summed E-state index contributed by atoms with van der Waals surface area (Å²) < 4.78 is 10.9. The minimum absolute atomic E-state index is 0.0482. The zero-order valence-corrected chi connectivity index (χ0v) is 14.6. The van der Waals surface area contributed by atoms with E-state index in [0.717, 1.165) is 13.1 Å². The predicted octanol–water partition coefficient (Wildman–Crippen LogP) is 4.01. The van der Waals surface area contributed by atoms with E-state index >= 15 is 0 Å². The Labute approximate surface area is 142 Å². The summed E-state index contributed by atoms with van der Waals surface area (Å²) in [5.74, 6) is 2.42. The van der Waals surface area contributed by atoms with Gasteiger partial charge in [-0.15, -0.1) is 0 Å². The van der Waals surface area contributed by atoms with Crippen molar-refractivity contribution in [2.24, 2.45) is 11.8 Å². The van der Waals surface area contributed by atoms with E-state index in [1.54, 1.807) is 19.2 Å². The molecule has 4 nitrogen and oxygen atoms in total. The van der Waals surface area contributed by atoms with Gasteiger partial charge in [0.25, 0.3) is 5.91 Å². The summed E-state index contributed by atoms with van der Waals surface area (Å²) in [5.41, 5.74) is 0.580. The number of hydrogen-bond donors (Lipinski definition) is 0. The number of ether oxygens (including phenoxy) is 2. The first-order chi connectivity index (χ1) is 11.1. The fourth-order valence-electron chi connectivity index (χ4n) is 2.77. The number of hydrogen-bond acceptors (Lipinski definition) is 3. The van der Waals surface area contributed by atoms with Gasteiger partial charge in [-0.05, 0) is 56.6 Å². The molecule has 1 aromatic rings. The van der Waals surface area contributed by atoms with Crippen molar-refractivity contribution in [1.82, 2.24) is 4.90 Å². The van der Waals surface area contributed by atoms with Crippen LogP contribution < -0.4 is 9.47 Å². The van der Waals surface area contributed by atoms with Gasteiger partial charge >= 0.3 is 0 Å². The lowest BCUT2D eigenvalue weighted by atomic mass is 10.1. The third-order valence-corrected chi connectivity index (χ3v) is 4.68. The lowest BCUT2D eigenvalue weighted by Crippen LogP contribution is -2.34. The maximum atomic E-state index is 12.9. The predicted molar refractivity (Wildman–Crippen MR) is 90.5 cm³/mol. The van der Waals surface area contributed by atoms with E-state index in [9.17, 15) is 4.79 Å². The van der Waals surface area contributed by atoms with Crippen LogP contribution in [0.4, 0.5) is 0 Å². The van der Waals surface area contributed by atoms with Gasteiger partial charge in [0.05, 0.1) is 18.7 Å². The van der Waals surface area contributed by atoms with Crippen LogP contribution in [0.25, 0.3) is 0 Å². The minimum Gasteiger partial charge on any atom is -0.493 e. The molecular formula is C18H24ClNO3. The molecule has 0 aliphatic heterocycles. The van der Waals surface area contributed by atoms with Crippen LogP contribution >= 0.6 is 11.6 Å². The highest BCUT2D eigenvalue weighted by molar-refractivity contribution is 6.32. The van der Waals surface area contributed by atoms with Crippen LogP contribution in [0.1, 0.15) is 43.0 Å². The molecule has 0 saturated heterocycles. The Morgan fingerprint density at radius 1 is 1.22 bits per heavy atom. The number of halogens is 1. The normalized spacial score (nSPS) is 17.0. The second-order valence-corrected chi connectivity index (χ2v) is 6.93. The number of rotatable bonds is 8. The van der Waals surface area contributed by atoms with Crippen molar-refractivity contribution in [3.63, 3.8) is 0 Å². The maximum Gasteiger partial charge on any atom is 0.254 e. The van der Waals surface area contributed by atoms with E-state index in [1.165, 1.54) is 25.7 Å². The Morgan fingerprint density at radius 2 is 1.83 bits per heavy atom. The first-order valence-corrected chi connectivity index (χ1v) is 8.79.